The van der Waals surface area contributed by atoms with Gasteiger partial charge in [-0.25, -0.2) is 4.79 Å². The van der Waals surface area contributed by atoms with Gasteiger partial charge in [0.25, 0.3) is 0 Å². The number of aromatic carboxylic acids is 1. The van der Waals surface area contributed by atoms with Gasteiger partial charge in [-0.05, 0) is 24.3 Å². The minimum atomic E-state index is -1.07. The van der Waals surface area contributed by atoms with E-state index in [0.29, 0.717) is 5.75 Å². The van der Waals surface area contributed by atoms with Gasteiger partial charge in [-0.2, -0.15) is 0 Å². The second-order valence-corrected chi connectivity index (χ2v) is 3.92. The highest BCUT2D eigenvalue weighted by Crippen LogP contribution is 2.31. The standard InChI is InChI=1S/C13H9ClO4/c14-10-7-8(5-6-11(10)15)18-12-4-2-1-3-9(12)13(16)17/h1-7,15H,(H,16,17). The Bertz CT molecular complexity index is 595. The topological polar surface area (TPSA) is 66.8 Å². The van der Waals surface area contributed by atoms with Crippen LogP contribution in [0.3, 0.4) is 0 Å². The lowest BCUT2D eigenvalue weighted by atomic mass is 10.2. The Labute approximate surface area is 108 Å². The SMILES string of the molecule is O=C(O)c1ccccc1Oc1ccc(O)c(Cl)c1. The maximum Gasteiger partial charge on any atom is 0.339 e. The molecule has 0 aliphatic rings. The molecule has 0 radical (unpaired) electrons. The molecule has 0 saturated heterocycles. The number of phenols is 1. The van der Waals surface area contributed by atoms with E-state index in [-0.39, 0.29) is 22.1 Å². The summed E-state index contributed by atoms with van der Waals surface area (Å²) in [4.78, 5) is 11.0. The molecule has 0 atom stereocenters. The molecule has 2 aromatic rings. The van der Waals surface area contributed by atoms with E-state index in [1.165, 1.54) is 24.3 Å². The maximum absolute atomic E-state index is 11.0. The van der Waals surface area contributed by atoms with E-state index in [2.05, 4.69) is 0 Å². The van der Waals surface area contributed by atoms with E-state index in [9.17, 15) is 9.90 Å². The summed E-state index contributed by atoms with van der Waals surface area (Å²) in [6, 6.07) is 10.6. The van der Waals surface area contributed by atoms with E-state index in [1.807, 2.05) is 0 Å². The van der Waals surface area contributed by atoms with Crippen molar-refractivity contribution in [2.75, 3.05) is 0 Å². The van der Waals surface area contributed by atoms with Gasteiger partial charge in [-0.1, -0.05) is 23.7 Å². The molecular weight excluding hydrogens is 256 g/mol. The van der Waals surface area contributed by atoms with Crippen molar-refractivity contribution in [1.82, 2.24) is 0 Å². The third-order valence-electron chi connectivity index (χ3n) is 2.26. The molecule has 0 aromatic heterocycles. The fourth-order valence-electron chi connectivity index (χ4n) is 1.41. The van der Waals surface area contributed by atoms with E-state index in [0.717, 1.165) is 0 Å². The minimum absolute atomic E-state index is 0.0571. The van der Waals surface area contributed by atoms with Crippen LogP contribution in [-0.4, -0.2) is 16.2 Å². The summed E-state index contributed by atoms with van der Waals surface area (Å²) < 4.78 is 5.43. The van der Waals surface area contributed by atoms with Gasteiger partial charge in [0.05, 0.1) is 5.02 Å². The van der Waals surface area contributed by atoms with Crippen LogP contribution >= 0.6 is 11.6 Å². The molecular formula is C13H9ClO4. The number of ether oxygens (including phenoxy) is 1. The molecule has 0 heterocycles. The molecule has 0 aliphatic carbocycles. The van der Waals surface area contributed by atoms with E-state index in [1.54, 1.807) is 18.2 Å². The number of halogens is 1. The lowest BCUT2D eigenvalue weighted by Crippen LogP contribution is -1.99. The maximum atomic E-state index is 11.0. The zero-order chi connectivity index (χ0) is 13.1. The smallest absolute Gasteiger partial charge is 0.339 e. The molecule has 0 bridgehead atoms. The predicted octanol–water partition coefficient (Wildman–Crippen LogP) is 3.54. The largest absolute Gasteiger partial charge is 0.506 e. The second kappa shape index (κ2) is 4.98. The van der Waals surface area contributed by atoms with Crippen LogP contribution in [-0.2, 0) is 0 Å². The lowest BCUT2D eigenvalue weighted by Gasteiger charge is -2.09. The van der Waals surface area contributed by atoms with E-state index >= 15 is 0 Å². The molecule has 0 aliphatic heterocycles. The molecule has 0 spiro atoms. The van der Waals surface area contributed by atoms with E-state index < -0.39 is 5.97 Å². The highest BCUT2D eigenvalue weighted by atomic mass is 35.5. The predicted molar refractivity (Wildman–Crippen MR) is 66.6 cm³/mol. The molecule has 0 amide bonds. The van der Waals surface area contributed by atoms with Gasteiger partial charge in [0.1, 0.15) is 22.8 Å². The molecule has 0 fully saturated rings. The summed E-state index contributed by atoms with van der Waals surface area (Å²) in [6.45, 7) is 0. The van der Waals surface area contributed by atoms with Crippen molar-refractivity contribution in [3.63, 3.8) is 0 Å². The van der Waals surface area contributed by atoms with Crippen LogP contribution in [0.25, 0.3) is 0 Å². The first-order chi connectivity index (χ1) is 8.58. The number of hydrogen-bond donors (Lipinski definition) is 2. The monoisotopic (exact) mass is 264 g/mol. The molecule has 92 valence electrons. The Balaban J connectivity index is 2.34. The Kier molecular flexibility index (Phi) is 3.39. The first-order valence-electron chi connectivity index (χ1n) is 5.06. The van der Waals surface area contributed by atoms with Crippen LogP contribution in [0.2, 0.25) is 5.02 Å². The fourth-order valence-corrected chi connectivity index (χ4v) is 1.58. The summed E-state index contributed by atoms with van der Waals surface area (Å²) in [6.07, 6.45) is 0. The summed E-state index contributed by atoms with van der Waals surface area (Å²) in [5.41, 5.74) is 0.0571. The van der Waals surface area contributed by atoms with Crippen molar-refractivity contribution in [2.45, 2.75) is 0 Å². The molecule has 0 unspecified atom stereocenters. The zero-order valence-electron chi connectivity index (χ0n) is 9.13. The van der Waals surface area contributed by atoms with Gasteiger partial charge >= 0.3 is 5.97 Å². The zero-order valence-corrected chi connectivity index (χ0v) is 9.89. The molecule has 2 rings (SSSR count). The van der Waals surface area contributed by atoms with Gasteiger partial charge < -0.3 is 14.9 Å². The number of aromatic hydroxyl groups is 1. The number of benzene rings is 2. The third kappa shape index (κ3) is 2.55. The first-order valence-corrected chi connectivity index (χ1v) is 5.44. The van der Waals surface area contributed by atoms with Crippen molar-refractivity contribution < 1.29 is 19.7 Å². The van der Waals surface area contributed by atoms with Crippen molar-refractivity contribution in [2.24, 2.45) is 0 Å². The lowest BCUT2D eigenvalue weighted by molar-refractivity contribution is 0.0694. The van der Waals surface area contributed by atoms with Gasteiger partial charge in [-0.3, -0.25) is 0 Å². The quantitative estimate of drug-likeness (QED) is 0.890. The van der Waals surface area contributed by atoms with Crippen LogP contribution in [0.5, 0.6) is 17.2 Å². The average Bonchev–Trinajstić information content (AvgIpc) is 2.34. The number of phenolic OH excluding ortho intramolecular Hbond substituents is 1. The van der Waals surface area contributed by atoms with Crippen LogP contribution in [0.1, 0.15) is 10.4 Å². The highest BCUT2D eigenvalue weighted by Gasteiger charge is 2.11. The molecule has 2 N–H and O–H groups in total. The fraction of sp³-hybridized carbons (Fsp3) is 0. The summed E-state index contributed by atoms with van der Waals surface area (Å²) >= 11 is 5.74. The minimum Gasteiger partial charge on any atom is -0.506 e. The van der Waals surface area contributed by atoms with Gasteiger partial charge in [0.15, 0.2) is 0 Å². The number of carboxylic acid groups (broad SMARTS) is 1. The number of rotatable bonds is 3. The van der Waals surface area contributed by atoms with Crippen molar-refractivity contribution in [3.05, 3.63) is 53.1 Å². The van der Waals surface area contributed by atoms with Crippen LogP contribution in [0, 0.1) is 0 Å². The summed E-state index contributed by atoms with van der Waals surface area (Å²) in [5, 5.41) is 18.4. The van der Waals surface area contributed by atoms with E-state index in [4.69, 9.17) is 21.4 Å². The Morgan fingerprint density at radius 3 is 2.56 bits per heavy atom. The van der Waals surface area contributed by atoms with Crippen molar-refractivity contribution in [3.8, 4) is 17.2 Å². The average molecular weight is 265 g/mol. The molecule has 18 heavy (non-hydrogen) atoms. The number of hydrogen-bond acceptors (Lipinski definition) is 3. The normalized spacial score (nSPS) is 10.1. The molecule has 5 heteroatoms. The van der Waals surface area contributed by atoms with Crippen molar-refractivity contribution in [1.29, 1.82) is 0 Å². The summed E-state index contributed by atoms with van der Waals surface area (Å²) in [5.74, 6) is -0.565. The Hall–Kier alpha value is -2.20. The number of para-hydroxylation sites is 1. The third-order valence-corrected chi connectivity index (χ3v) is 2.57. The summed E-state index contributed by atoms with van der Waals surface area (Å²) in [7, 11) is 0. The van der Waals surface area contributed by atoms with Gasteiger partial charge in [0, 0.05) is 6.07 Å². The van der Waals surface area contributed by atoms with Crippen LogP contribution < -0.4 is 4.74 Å². The number of carbonyl (C=O) groups is 1. The number of carboxylic acids is 1. The van der Waals surface area contributed by atoms with Gasteiger partial charge in [-0.15, -0.1) is 0 Å². The first kappa shape index (κ1) is 12.3. The molecule has 0 saturated carbocycles. The Morgan fingerprint density at radius 2 is 1.89 bits per heavy atom. The van der Waals surface area contributed by atoms with Crippen molar-refractivity contribution >= 4 is 17.6 Å². The molecule has 4 nitrogen and oxygen atoms in total. The highest BCUT2D eigenvalue weighted by molar-refractivity contribution is 6.32. The molecule has 2 aromatic carbocycles. The Morgan fingerprint density at radius 1 is 1.17 bits per heavy atom. The van der Waals surface area contributed by atoms with Gasteiger partial charge in [0.2, 0.25) is 0 Å². The second-order valence-electron chi connectivity index (χ2n) is 3.52. The van der Waals surface area contributed by atoms with Crippen LogP contribution in [0.15, 0.2) is 42.5 Å². The van der Waals surface area contributed by atoms with Crippen LogP contribution in [0.4, 0.5) is 0 Å².